The van der Waals surface area contributed by atoms with E-state index in [-0.39, 0.29) is 6.42 Å². The van der Waals surface area contributed by atoms with Crippen molar-refractivity contribution in [1.82, 2.24) is 4.98 Å². The van der Waals surface area contributed by atoms with Crippen LogP contribution in [0.4, 0.5) is 18.9 Å². The van der Waals surface area contributed by atoms with Crippen molar-refractivity contribution in [2.24, 2.45) is 0 Å². The maximum Gasteiger partial charge on any atom is 0.310 e. The zero-order valence-corrected chi connectivity index (χ0v) is 13.3. The number of nitrogens with one attached hydrogen (secondary N) is 2. The topological polar surface area (TPSA) is 71.2 Å². The van der Waals surface area contributed by atoms with Crippen molar-refractivity contribution in [2.75, 3.05) is 11.9 Å². The largest absolute Gasteiger partial charge is 0.455 e. The lowest BCUT2D eigenvalue weighted by Gasteiger charge is -2.08. The Balaban J connectivity index is 1.56. The van der Waals surface area contributed by atoms with Crippen molar-refractivity contribution in [2.45, 2.75) is 6.42 Å². The Morgan fingerprint density at radius 3 is 2.62 bits per heavy atom. The maximum absolute atomic E-state index is 13.5. The number of para-hydroxylation sites is 1. The van der Waals surface area contributed by atoms with Crippen molar-refractivity contribution < 1.29 is 27.5 Å². The Bertz CT molecular complexity index is 985. The highest BCUT2D eigenvalue weighted by molar-refractivity contribution is 5.93. The first-order valence-electron chi connectivity index (χ1n) is 7.59. The summed E-state index contributed by atoms with van der Waals surface area (Å²) in [6.07, 6.45) is 1.61. The number of fused-ring (bicyclic) bond motifs is 1. The van der Waals surface area contributed by atoms with Gasteiger partial charge in [0.25, 0.3) is 5.91 Å². The molecule has 0 bridgehead atoms. The molecule has 2 aromatic carbocycles. The molecule has 3 rings (SSSR count). The average Bonchev–Trinajstić information content (AvgIpc) is 3.03. The minimum absolute atomic E-state index is 0.0587. The van der Waals surface area contributed by atoms with Crippen molar-refractivity contribution in [3.8, 4) is 0 Å². The lowest BCUT2D eigenvalue weighted by atomic mass is 10.1. The number of aromatic nitrogens is 1. The van der Waals surface area contributed by atoms with Gasteiger partial charge in [-0.25, -0.2) is 13.2 Å². The molecule has 0 unspecified atom stereocenters. The maximum atomic E-state index is 13.5. The van der Waals surface area contributed by atoms with Crippen LogP contribution in [-0.4, -0.2) is 23.5 Å². The van der Waals surface area contributed by atoms with Crippen LogP contribution in [0.1, 0.15) is 5.56 Å². The first-order valence-corrected chi connectivity index (χ1v) is 7.59. The van der Waals surface area contributed by atoms with Gasteiger partial charge in [-0.2, -0.15) is 0 Å². The van der Waals surface area contributed by atoms with Crippen molar-refractivity contribution in [3.05, 3.63) is 65.6 Å². The molecule has 8 heteroatoms. The molecular weight excluding hydrogens is 349 g/mol. The zero-order valence-electron chi connectivity index (χ0n) is 13.3. The average molecular weight is 362 g/mol. The highest BCUT2D eigenvalue weighted by atomic mass is 19.2. The fourth-order valence-corrected chi connectivity index (χ4v) is 2.44. The predicted octanol–water partition coefficient (Wildman–Crippen LogP) is 3.31. The van der Waals surface area contributed by atoms with E-state index in [1.807, 2.05) is 29.6 Å². The fourth-order valence-electron chi connectivity index (χ4n) is 2.44. The second kappa shape index (κ2) is 7.30. The minimum atomic E-state index is -1.70. The van der Waals surface area contributed by atoms with Crippen LogP contribution in [0.2, 0.25) is 0 Å². The Kier molecular flexibility index (Phi) is 4.92. The van der Waals surface area contributed by atoms with Crippen LogP contribution in [0.5, 0.6) is 0 Å². The smallest absolute Gasteiger partial charge is 0.310 e. The van der Waals surface area contributed by atoms with Gasteiger partial charge in [0.05, 0.1) is 12.1 Å². The number of halogens is 3. The number of carbonyl (C=O) groups is 2. The number of hydrogen-bond acceptors (Lipinski definition) is 3. The quantitative estimate of drug-likeness (QED) is 0.540. The van der Waals surface area contributed by atoms with Gasteiger partial charge in [0, 0.05) is 17.1 Å². The van der Waals surface area contributed by atoms with Crippen LogP contribution in [0.25, 0.3) is 10.9 Å². The van der Waals surface area contributed by atoms with Crippen molar-refractivity contribution >= 4 is 28.5 Å². The molecule has 0 saturated carbocycles. The summed E-state index contributed by atoms with van der Waals surface area (Å²) in [5, 5.41) is 2.88. The standard InChI is InChI=1S/C18H13F3N2O3/c19-12-5-6-14(18(21)17(12)20)23-15(24)9-26-16(25)7-10-8-22-13-4-2-1-3-11(10)13/h1-6,8,22H,7,9H2,(H,23,24). The number of rotatable bonds is 5. The van der Waals surface area contributed by atoms with Crippen molar-refractivity contribution in [1.29, 1.82) is 0 Å². The van der Waals surface area contributed by atoms with Crippen LogP contribution >= 0.6 is 0 Å². The molecule has 1 aromatic heterocycles. The number of hydrogen-bond donors (Lipinski definition) is 2. The zero-order chi connectivity index (χ0) is 18.7. The number of amides is 1. The molecule has 0 aliphatic heterocycles. The number of ether oxygens (including phenoxy) is 1. The van der Waals surface area contributed by atoms with Gasteiger partial charge >= 0.3 is 5.97 Å². The molecule has 0 aliphatic rings. The number of benzene rings is 2. The summed E-state index contributed by atoms with van der Waals surface area (Å²) in [5.74, 6) is -6.12. The molecule has 2 N–H and O–H groups in total. The highest BCUT2D eigenvalue weighted by Gasteiger charge is 2.16. The normalized spacial score (nSPS) is 10.7. The van der Waals surface area contributed by atoms with E-state index in [1.54, 1.807) is 6.20 Å². The number of H-pyrrole nitrogens is 1. The lowest BCUT2D eigenvalue weighted by molar-refractivity contribution is -0.146. The predicted molar refractivity (Wildman–Crippen MR) is 87.9 cm³/mol. The third-order valence-electron chi connectivity index (χ3n) is 3.68. The molecular formula is C18H13F3N2O3. The molecule has 0 aliphatic carbocycles. The third kappa shape index (κ3) is 3.69. The summed E-state index contributed by atoms with van der Waals surface area (Å²) < 4.78 is 44.3. The number of aromatic amines is 1. The third-order valence-corrected chi connectivity index (χ3v) is 3.68. The van der Waals surface area contributed by atoms with Gasteiger partial charge in [0.2, 0.25) is 0 Å². The summed E-state index contributed by atoms with van der Waals surface area (Å²) in [5.41, 5.74) is 1.03. The second-order valence-electron chi connectivity index (χ2n) is 5.47. The summed E-state index contributed by atoms with van der Waals surface area (Å²) >= 11 is 0. The molecule has 0 radical (unpaired) electrons. The van der Waals surface area contributed by atoms with Crippen LogP contribution in [0.3, 0.4) is 0 Å². The van der Waals surface area contributed by atoms with Gasteiger partial charge in [0.15, 0.2) is 24.1 Å². The SMILES string of the molecule is O=C(COC(=O)Cc1c[nH]c2ccccc12)Nc1ccc(F)c(F)c1F. The molecule has 0 saturated heterocycles. The van der Waals surface area contributed by atoms with E-state index in [1.165, 1.54) is 0 Å². The highest BCUT2D eigenvalue weighted by Crippen LogP contribution is 2.20. The second-order valence-corrected chi connectivity index (χ2v) is 5.47. The van der Waals surface area contributed by atoms with E-state index in [0.29, 0.717) is 11.6 Å². The Labute approximate surface area is 145 Å². The number of carbonyl (C=O) groups excluding carboxylic acids is 2. The lowest BCUT2D eigenvalue weighted by Crippen LogP contribution is -2.22. The molecule has 0 spiro atoms. The molecule has 134 valence electrons. The molecule has 3 aromatic rings. The summed E-state index contributed by atoms with van der Waals surface area (Å²) in [4.78, 5) is 26.6. The van der Waals surface area contributed by atoms with Crippen molar-refractivity contribution in [3.63, 3.8) is 0 Å². The van der Waals surface area contributed by atoms with Gasteiger partial charge in [-0.15, -0.1) is 0 Å². The summed E-state index contributed by atoms with van der Waals surface area (Å²) in [6.45, 7) is -0.681. The van der Waals surface area contributed by atoms with Crippen LogP contribution < -0.4 is 5.32 Å². The van der Waals surface area contributed by atoms with Crippen LogP contribution in [0, 0.1) is 17.5 Å². The first-order chi connectivity index (χ1) is 12.5. The van der Waals surface area contributed by atoms with E-state index in [2.05, 4.69) is 4.98 Å². The molecule has 1 amide bonds. The van der Waals surface area contributed by atoms with Gasteiger partial charge in [-0.3, -0.25) is 9.59 Å². The van der Waals surface area contributed by atoms with Gasteiger partial charge in [-0.1, -0.05) is 18.2 Å². The molecule has 5 nitrogen and oxygen atoms in total. The fraction of sp³-hybridized carbons (Fsp3) is 0.111. The van der Waals surface area contributed by atoms with Gasteiger partial charge in [-0.05, 0) is 23.8 Å². The first kappa shape index (κ1) is 17.5. The van der Waals surface area contributed by atoms with E-state index in [0.717, 1.165) is 17.0 Å². The summed E-state index contributed by atoms with van der Waals surface area (Å²) in [7, 11) is 0. The van der Waals surface area contributed by atoms with E-state index in [4.69, 9.17) is 4.74 Å². The molecule has 1 heterocycles. The minimum Gasteiger partial charge on any atom is -0.455 e. The van der Waals surface area contributed by atoms with Gasteiger partial charge < -0.3 is 15.0 Å². The van der Waals surface area contributed by atoms with E-state index < -0.39 is 41.6 Å². The summed E-state index contributed by atoms with van der Waals surface area (Å²) in [6, 6.07) is 8.93. The van der Waals surface area contributed by atoms with Crippen LogP contribution in [-0.2, 0) is 20.7 Å². The Morgan fingerprint density at radius 2 is 1.81 bits per heavy atom. The Hall–Kier alpha value is -3.29. The monoisotopic (exact) mass is 362 g/mol. The molecule has 0 atom stereocenters. The molecule has 0 fully saturated rings. The van der Waals surface area contributed by atoms with E-state index >= 15 is 0 Å². The van der Waals surface area contributed by atoms with E-state index in [9.17, 15) is 22.8 Å². The Morgan fingerprint density at radius 1 is 1.04 bits per heavy atom. The molecule has 26 heavy (non-hydrogen) atoms. The van der Waals surface area contributed by atoms with Crippen LogP contribution in [0.15, 0.2) is 42.6 Å². The number of anilines is 1. The number of esters is 1. The van der Waals surface area contributed by atoms with Gasteiger partial charge in [0.1, 0.15) is 0 Å².